The van der Waals surface area contributed by atoms with Gasteiger partial charge in [0.1, 0.15) is 0 Å². The molecule has 110 valence electrons. The second kappa shape index (κ2) is 6.57. The molecule has 2 N–H and O–H groups in total. The molecule has 3 atom stereocenters. The predicted molar refractivity (Wildman–Crippen MR) is 72.9 cm³/mol. The van der Waals surface area contributed by atoms with E-state index in [1.165, 1.54) is 20.0 Å². The summed E-state index contributed by atoms with van der Waals surface area (Å²) in [5.41, 5.74) is 0. The number of nitrogens with zero attached hydrogens (tertiary/aromatic N) is 1. The van der Waals surface area contributed by atoms with Crippen LogP contribution in [0.5, 0.6) is 0 Å². The van der Waals surface area contributed by atoms with Crippen LogP contribution in [-0.4, -0.2) is 55.0 Å². The van der Waals surface area contributed by atoms with E-state index >= 15 is 0 Å². The molecule has 1 amide bonds. The van der Waals surface area contributed by atoms with Crippen LogP contribution in [0.1, 0.15) is 32.6 Å². The van der Waals surface area contributed by atoms with Crippen molar-refractivity contribution in [1.29, 1.82) is 0 Å². The molecule has 3 unspecified atom stereocenters. The normalized spacial score (nSPS) is 29.1. The number of methoxy groups -OCH3 is 1. The molecule has 1 saturated heterocycles. The van der Waals surface area contributed by atoms with Gasteiger partial charge in [0.15, 0.2) is 0 Å². The lowest BCUT2D eigenvalue weighted by molar-refractivity contribution is 0.0326. The minimum absolute atomic E-state index is 0.148. The molecule has 0 spiro atoms. The van der Waals surface area contributed by atoms with Crippen molar-refractivity contribution in [2.45, 2.75) is 44.8 Å². The van der Waals surface area contributed by atoms with Crippen molar-refractivity contribution >= 4 is 6.09 Å². The maximum absolute atomic E-state index is 11.7. The van der Waals surface area contributed by atoms with E-state index in [0.29, 0.717) is 13.1 Å². The predicted octanol–water partition coefficient (Wildman–Crippen LogP) is 1.21. The molecule has 2 fully saturated rings. The lowest BCUT2D eigenvalue weighted by Crippen LogP contribution is -2.53. The molecule has 5 heteroatoms. The third-order valence-electron chi connectivity index (χ3n) is 4.27. The molecule has 2 rings (SSSR count). The van der Waals surface area contributed by atoms with Crippen LogP contribution in [0.15, 0.2) is 0 Å². The van der Waals surface area contributed by atoms with E-state index in [2.05, 4.69) is 5.32 Å². The van der Waals surface area contributed by atoms with Crippen LogP contribution in [0.3, 0.4) is 0 Å². The van der Waals surface area contributed by atoms with E-state index in [1.54, 1.807) is 4.90 Å². The minimum atomic E-state index is -0.335. The van der Waals surface area contributed by atoms with Crippen LogP contribution in [0.25, 0.3) is 0 Å². The third-order valence-corrected chi connectivity index (χ3v) is 4.27. The topological polar surface area (TPSA) is 61.8 Å². The highest BCUT2D eigenvalue weighted by atomic mass is 16.5. The average molecular weight is 270 g/mol. The number of carbonyl (C=O) groups is 1. The third kappa shape index (κ3) is 4.08. The first-order valence-corrected chi connectivity index (χ1v) is 7.38. The van der Waals surface area contributed by atoms with E-state index in [9.17, 15) is 9.90 Å². The first-order chi connectivity index (χ1) is 9.13. The van der Waals surface area contributed by atoms with Crippen molar-refractivity contribution in [2.24, 2.45) is 11.8 Å². The number of aliphatic hydroxyl groups excluding tert-OH is 1. The highest BCUT2D eigenvalue weighted by Crippen LogP contribution is 2.29. The molecule has 0 aromatic heterocycles. The minimum Gasteiger partial charge on any atom is -0.453 e. The van der Waals surface area contributed by atoms with Gasteiger partial charge in [-0.2, -0.15) is 0 Å². The van der Waals surface area contributed by atoms with Crippen molar-refractivity contribution in [3.05, 3.63) is 0 Å². The van der Waals surface area contributed by atoms with Crippen LogP contribution in [-0.2, 0) is 4.74 Å². The Bertz CT molecular complexity index is 307. The molecule has 19 heavy (non-hydrogen) atoms. The fourth-order valence-electron chi connectivity index (χ4n) is 2.83. The van der Waals surface area contributed by atoms with Gasteiger partial charge in [-0.3, -0.25) is 0 Å². The Labute approximate surface area is 115 Å². The summed E-state index contributed by atoms with van der Waals surface area (Å²) in [6.45, 7) is 4.30. The standard InChI is InChI=1S/C14H26N2O3/c1-3-13(17)11-6-12(15-7-10-4-5-10)9-16(8-11)14(18)19-2/h10-13,15,17H,3-9H2,1-2H3. The number of nitrogens with one attached hydrogen (secondary N) is 1. The summed E-state index contributed by atoms with van der Waals surface area (Å²) in [6.07, 6.45) is 3.69. The van der Waals surface area contributed by atoms with Crippen LogP contribution in [0.4, 0.5) is 4.79 Å². The molecular weight excluding hydrogens is 244 g/mol. The average Bonchev–Trinajstić information content (AvgIpc) is 3.27. The van der Waals surface area contributed by atoms with Crippen LogP contribution in [0, 0.1) is 11.8 Å². The quantitative estimate of drug-likeness (QED) is 0.788. The molecule has 1 aliphatic carbocycles. The Morgan fingerprint density at radius 2 is 2.21 bits per heavy atom. The Kier molecular flexibility index (Phi) is 5.05. The maximum atomic E-state index is 11.7. The zero-order valence-electron chi connectivity index (χ0n) is 12.0. The van der Waals surface area contributed by atoms with Gasteiger partial charge in [-0.15, -0.1) is 0 Å². The number of hydrogen-bond donors (Lipinski definition) is 2. The number of aliphatic hydroxyl groups is 1. The summed E-state index contributed by atoms with van der Waals surface area (Å²) in [6, 6.07) is 0.277. The van der Waals surface area contributed by atoms with Crippen molar-refractivity contribution in [1.82, 2.24) is 10.2 Å². The van der Waals surface area contributed by atoms with Crippen LogP contribution in [0.2, 0.25) is 0 Å². The fourth-order valence-corrected chi connectivity index (χ4v) is 2.83. The molecule has 0 aromatic rings. The van der Waals surface area contributed by atoms with Crippen molar-refractivity contribution < 1.29 is 14.6 Å². The molecule has 1 aliphatic heterocycles. The molecule has 0 bridgehead atoms. The lowest BCUT2D eigenvalue weighted by Gasteiger charge is -2.39. The van der Waals surface area contributed by atoms with Gasteiger partial charge < -0.3 is 20.1 Å². The number of amides is 1. The summed E-state index contributed by atoms with van der Waals surface area (Å²) in [7, 11) is 1.41. The van der Waals surface area contributed by atoms with Gasteiger partial charge in [-0.1, -0.05) is 6.92 Å². The highest BCUT2D eigenvalue weighted by Gasteiger charge is 2.34. The first-order valence-electron chi connectivity index (χ1n) is 7.38. The van der Waals surface area contributed by atoms with E-state index in [0.717, 1.165) is 25.3 Å². The summed E-state index contributed by atoms with van der Waals surface area (Å²) in [5.74, 6) is 0.970. The summed E-state index contributed by atoms with van der Waals surface area (Å²) >= 11 is 0. The Morgan fingerprint density at radius 1 is 1.47 bits per heavy atom. The van der Waals surface area contributed by atoms with E-state index in [1.807, 2.05) is 6.92 Å². The largest absolute Gasteiger partial charge is 0.453 e. The summed E-state index contributed by atoms with van der Waals surface area (Å²) in [4.78, 5) is 13.4. The maximum Gasteiger partial charge on any atom is 0.409 e. The summed E-state index contributed by atoms with van der Waals surface area (Å²) < 4.78 is 4.82. The second-order valence-corrected chi connectivity index (χ2v) is 5.89. The molecule has 0 aromatic carbocycles. The molecule has 0 radical (unpaired) electrons. The van der Waals surface area contributed by atoms with Crippen molar-refractivity contribution in [3.63, 3.8) is 0 Å². The number of likely N-dealkylation sites (tertiary alicyclic amines) is 1. The van der Waals surface area contributed by atoms with Crippen LogP contribution < -0.4 is 5.32 Å². The lowest BCUT2D eigenvalue weighted by atomic mass is 9.88. The second-order valence-electron chi connectivity index (χ2n) is 5.89. The molecule has 2 aliphatic rings. The molecule has 5 nitrogen and oxygen atoms in total. The van der Waals surface area contributed by atoms with Gasteiger partial charge in [-0.05, 0) is 38.1 Å². The van der Waals surface area contributed by atoms with Gasteiger partial charge in [0.2, 0.25) is 0 Å². The first kappa shape index (κ1) is 14.6. The van der Waals surface area contributed by atoms with Crippen molar-refractivity contribution in [2.75, 3.05) is 26.7 Å². The number of carbonyl (C=O) groups excluding carboxylic acids is 1. The number of rotatable bonds is 5. The molecular formula is C14H26N2O3. The highest BCUT2D eigenvalue weighted by molar-refractivity contribution is 5.67. The van der Waals surface area contributed by atoms with Gasteiger partial charge in [0.05, 0.1) is 13.2 Å². The molecule has 1 heterocycles. The molecule has 1 saturated carbocycles. The Hall–Kier alpha value is -0.810. The Morgan fingerprint density at radius 3 is 2.79 bits per heavy atom. The monoisotopic (exact) mass is 270 g/mol. The summed E-state index contributed by atoms with van der Waals surface area (Å²) in [5, 5.41) is 13.6. The number of hydrogen-bond acceptors (Lipinski definition) is 4. The Balaban J connectivity index is 1.91. The number of piperidine rings is 1. The zero-order valence-corrected chi connectivity index (χ0v) is 12.0. The van der Waals surface area contributed by atoms with Crippen molar-refractivity contribution in [3.8, 4) is 0 Å². The SMILES string of the molecule is CCC(O)C1CC(NCC2CC2)CN(C(=O)OC)C1. The zero-order chi connectivity index (χ0) is 13.8. The fraction of sp³-hybridized carbons (Fsp3) is 0.929. The van der Waals surface area contributed by atoms with E-state index in [4.69, 9.17) is 4.74 Å². The van der Waals surface area contributed by atoms with Gasteiger partial charge in [0, 0.05) is 25.0 Å². The van der Waals surface area contributed by atoms with E-state index < -0.39 is 0 Å². The van der Waals surface area contributed by atoms with E-state index in [-0.39, 0.29) is 24.2 Å². The number of ether oxygens (including phenoxy) is 1. The smallest absolute Gasteiger partial charge is 0.409 e. The van der Waals surface area contributed by atoms with Gasteiger partial charge in [0.25, 0.3) is 0 Å². The van der Waals surface area contributed by atoms with Gasteiger partial charge in [-0.25, -0.2) is 4.79 Å². The van der Waals surface area contributed by atoms with Crippen LogP contribution >= 0.6 is 0 Å². The van der Waals surface area contributed by atoms with Gasteiger partial charge >= 0.3 is 6.09 Å².